The Morgan fingerprint density at radius 1 is 1.21 bits per heavy atom. The lowest BCUT2D eigenvalue weighted by molar-refractivity contribution is -0.138. The van der Waals surface area contributed by atoms with Gasteiger partial charge in [-0.05, 0) is 51.5 Å². The molecule has 0 spiro atoms. The number of guanidine groups is 1. The van der Waals surface area contributed by atoms with Crippen LogP contribution in [0.4, 0.5) is 0 Å². The van der Waals surface area contributed by atoms with Crippen molar-refractivity contribution in [1.82, 2.24) is 4.90 Å². The number of nitrogens with two attached hydrogens (primary N) is 1. The summed E-state index contributed by atoms with van der Waals surface area (Å²) < 4.78 is 11.2. The first-order valence-electron chi connectivity index (χ1n) is 13.8. The van der Waals surface area contributed by atoms with Crippen LogP contribution in [0.2, 0.25) is 0 Å². The van der Waals surface area contributed by atoms with Crippen LogP contribution in [0.1, 0.15) is 77.7 Å². The molecule has 3 rings (SSSR count). The van der Waals surface area contributed by atoms with Crippen molar-refractivity contribution in [3.63, 3.8) is 0 Å². The maximum absolute atomic E-state index is 12.6. The SMILES string of the molecule is C=CCOC(=O)C1=C(C)N=C(N)N2[C@H](C[C@@H](O)CCCCC[C@@H](C)OCc3ccccc3)CC[C@@H]12.CC(=O)O. The Balaban J connectivity index is 0.00000124. The van der Waals surface area contributed by atoms with Crippen LogP contribution in [-0.4, -0.2) is 63.9 Å². The molecule has 1 saturated heterocycles. The summed E-state index contributed by atoms with van der Waals surface area (Å²) in [6.45, 7) is 9.42. The van der Waals surface area contributed by atoms with Crippen molar-refractivity contribution in [1.29, 1.82) is 0 Å². The topological polar surface area (TPSA) is 135 Å². The number of unbranched alkanes of at least 4 members (excludes halogenated alkanes) is 2. The Morgan fingerprint density at radius 2 is 1.87 bits per heavy atom. The highest BCUT2D eigenvalue weighted by molar-refractivity contribution is 5.95. The van der Waals surface area contributed by atoms with Gasteiger partial charge in [-0.2, -0.15) is 0 Å². The molecule has 216 valence electrons. The maximum atomic E-state index is 12.6. The molecule has 4 atom stereocenters. The summed E-state index contributed by atoms with van der Waals surface area (Å²) in [5.41, 5.74) is 8.63. The number of carbonyl (C=O) groups excluding carboxylic acids is 1. The predicted octanol–water partition coefficient (Wildman–Crippen LogP) is 4.55. The van der Waals surface area contributed by atoms with E-state index in [0.29, 0.717) is 30.3 Å². The van der Waals surface area contributed by atoms with Crippen molar-refractivity contribution in [2.45, 2.75) is 103 Å². The second-order valence-electron chi connectivity index (χ2n) is 10.2. The van der Waals surface area contributed by atoms with Crippen molar-refractivity contribution in [2.75, 3.05) is 6.61 Å². The lowest BCUT2D eigenvalue weighted by Gasteiger charge is -2.36. The van der Waals surface area contributed by atoms with Crippen molar-refractivity contribution in [3.8, 4) is 0 Å². The lowest BCUT2D eigenvalue weighted by Crippen LogP contribution is -2.50. The zero-order valence-corrected chi connectivity index (χ0v) is 23.6. The van der Waals surface area contributed by atoms with E-state index < -0.39 is 12.1 Å². The van der Waals surface area contributed by atoms with Gasteiger partial charge in [-0.15, -0.1) is 0 Å². The van der Waals surface area contributed by atoms with Crippen LogP contribution < -0.4 is 5.73 Å². The van der Waals surface area contributed by atoms with E-state index in [4.69, 9.17) is 25.1 Å². The second-order valence-corrected chi connectivity index (χ2v) is 10.2. The number of nitrogens with zero attached hydrogens (tertiary/aromatic N) is 2. The number of carboxylic acid groups (broad SMARTS) is 1. The van der Waals surface area contributed by atoms with Crippen molar-refractivity contribution in [2.24, 2.45) is 10.7 Å². The highest BCUT2D eigenvalue weighted by atomic mass is 16.5. The fourth-order valence-corrected chi connectivity index (χ4v) is 5.09. The molecule has 9 nitrogen and oxygen atoms in total. The van der Waals surface area contributed by atoms with Gasteiger partial charge in [0, 0.05) is 13.0 Å². The van der Waals surface area contributed by atoms with E-state index in [9.17, 15) is 9.90 Å². The number of allylic oxidation sites excluding steroid dienone is 1. The third-order valence-electron chi connectivity index (χ3n) is 6.89. The molecule has 0 bridgehead atoms. The summed E-state index contributed by atoms with van der Waals surface area (Å²) in [6.07, 6.45) is 8.56. The number of aliphatic hydroxyl groups excluding tert-OH is 1. The van der Waals surface area contributed by atoms with E-state index in [1.165, 1.54) is 5.56 Å². The molecule has 0 unspecified atom stereocenters. The number of carboxylic acids is 1. The van der Waals surface area contributed by atoms with E-state index >= 15 is 0 Å². The number of hydrogen-bond acceptors (Lipinski definition) is 8. The Morgan fingerprint density at radius 3 is 2.54 bits per heavy atom. The summed E-state index contributed by atoms with van der Waals surface area (Å²) in [7, 11) is 0. The molecule has 0 amide bonds. The van der Waals surface area contributed by atoms with E-state index in [2.05, 4.69) is 30.6 Å². The molecule has 2 aliphatic rings. The van der Waals surface area contributed by atoms with Gasteiger partial charge in [-0.25, -0.2) is 9.79 Å². The first-order valence-corrected chi connectivity index (χ1v) is 13.8. The van der Waals surface area contributed by atoms with E-state index in [1.807, 2.05) is 23.1 Å². The molecule has 1 aromatic carbocycles. The van der Waals surface area contributed by atoms with Crippen molar-refractivity contribution in [3.05, 3.63) is 59.8 Å². The minimum absolute atomic E-state index is 0.0699. The first-order chi connectivity index (χ1) is 18.6. The van der Waals surface area contributed by atoms with E-state index in [0.717, 1.165) is 51.9 Å². The average Bonchev–Trinajstić information content (AvgIpc) is 3.29. The highest BCUT2D eigenvalue weighted by Crippen LogP contribution is 2.36. The molecule has 0 aromatic heterocycles. The van der Waals surface area contributed by atoms with Gasteiger partial charge in [-0.3, -0.25) is 4.79 Å². The molecule has 0 saturated carbocycles. The molecular formula is C30H45N3O6. The second kappa shape index (κ2) is 16.7. The summed E-state index contributed by atoms with van der Waals surface area (Å²) in [5.74, 6) is -0.774. The Kier molecular flexibility index (Phi) is 13.7. The third kappa shape index (κ3) is 10.8. The Hall–Kier alpha value is -3.17. The standard InChI is InChI=1S/C28H41N3O4.C2H4O2/c1-4-17-34-27(33)26-21(3)30-28(29)31-23(15-16-25(26)31)18-24(32)14-10-5-7-11-20(2)35-19-22-12-8-6-9-13-22;1-2(3)4/h4,6,8-9,12-13,20,23-25,32H,1,5,7,10-11,14-19H2,2-3H3,(H2,29,30);1H3,(H,3,4)/t20-,23+,24+,25+;/m1./s1. The molecule has 9 heteroatoms. The number of ether oxygens (including phenoxy) is 2. The van der Waals surface area contributed by atoms with Crippen LogP contribution in [0.3, 0.4) is 0 Å². The number of aliphatic hydroxyl groups is 1. The van der Waals surface area contributed by atoms with Gasteiger partial charge >= 0.3 is 5.97 Å². The molecule has 1 aromatic rings. The molecule has 1 fully saturated rings. The average molecular weight is 544 g/mol. The molecule has 2 heterocycles. The molecular weight excluding hydrogens is 498 g/mol. The molecule has 0 aliphatic carbocycles. The van der Waals surface area contributed by atoms with Gasteiger partial charge in [-0.1, -0.05) is 62.2 Å². The van der Waals surface area contributed by atoms with Gasteiger partial charge < -0.3 is 30.3 Å². The fourth-order valence-electron chi connectivity index (χ4n) is 5.09. The minimum Gasteiger partial charge on any atom is -0.481 e. The van der Waals surface area contributed by atoms with E-state index in [-0.39, 0.29) is 30.8 Å². The van der Waals surface area contributed by atoms with Crippen LogP contribution in [0.25, 0.3) is 0 Å². The predicted molar refractivity (Wildman–Crippen MR) is 152 cm³/mol. The quantitative estimate of drug-likeness (QED) is 0.177. The van der Waals surface area contributed by atoms with Gasteiger partial charge in [0.05, 0.1) is 36.1 Å². The molecule has 0 radical (unpaired) electrons. The van der Waals surface area contributed by atoms with Gasteiger partial charge in [0.25, 0.3) is 5.97 Å². The number of hydrogen-bond donors (Lipinski definition) is 3. The summed E-state index contributed by atoms with van der Waals surface area (Å²) in [5, 5.41) is 18.1. The molecule has 39 heavy (non-hydrogen) atoms. The highest BCUT2D eigenvalue weighted by Gasteiger charge is 2.43. The molecule has 4 N–H and O–H groups in total. The zero-order valence-electron chi connectivity index (χ0n) is 23.6. The van der Waals surface area contributed by atoms with Gasteiger partial charge in [0.2, 0.25) is 0 Å². The maximum Gasteiger partial charge on any atom is 0.338 e. The Labute approximate surface area is 232 Å². The van der Waals surface area contributed by atoms with Crippen LogP contribution in [0.15, 0.2) is 59.2 Å². The van der Waals surface area contributed by atoms with Crippen LogP contribution in [0, 0.1) is 0 Å². The first kappa shape index (κ1) is 32.0. The number of carbonyl (C=O) groups is 2. The van der Waals surface area contributed by atoms with Crippen LogP contribution in [-0.2, 0) is 25.7 Å². The Bertz CT molecular complexity index is 990. The van der Waals surface area contributed by atoms with Crippen molar-refractivity contribution < 1.29 is 29.3 Å². The fraction of sp³-hybridized carbons (Fsp3) is 0.567. The number of esters is 1. The third-order valence-corrected chi connectivity index (χ3v) is 6.89. The largest absolute Gasteiger partial charge is 0.481 e. The van der Waals surface area contributed by atoms with E-state index in [1.54, 1.807) is 13.0 Å². The normalized spacial score (nSPS) is 19.8. The van der Waals surface area contributed by atoms with Gasteiger partial charge in [0.15, 0.2) is 5.96 Å². The smallest absolute Gasteiger partial charge is 0.338 e. The number of rotatable bonds is 14. The van der Waals surface area contributed by atoms with Gasteiger partial charge in [0.1, 0.15) is 6.61 Å². The lowest BCUT2D eigenvalue weighted by atomic mass is 10.0. The number of benzene rings is 1. The zero-order chi connectivity index (χ0) is 28.8. The summed E-state index contributed by atoms with van der Waals surface area (Å²) in [4.78, 5) is 28.0. The minimum atomic E-state index is -0.833. The number of aliphatic carboxylic acids is 1. The molecule has 2 aliphatic heterocycles. The summed E-state index contributed by atoms with van der Waals surface area (Å²) >= 11 is 0. The van der Waals surface area contributed by atoms with Crippen LogP contribution in [0.5, 0.6) is 0 Å². The van der Waals surface area contributed by atoms with Crippen molar-refractivity contribution >= 4 is 17.9 Å². The number of fused-ring (bicyclic) bond motifs is 1. The monoisotopic (exact) mass is 543 g/mol. The summed E-state index contributed by atoms with van der Waals surface area (Å²) in [6, 6.07) is 10.2. The van der Waals surface area contributed by atoms with Crippen LogP contribution >= 0.6 is 0 Å². The number of aliphatic imine (C=N–C) groups is 1.